The number of hydrogen-bond donors (Lipinski definition) is 2. The van der Waals surface area contributed by atoms with Crippen LogP contribution in [-0.2, 0) is 5.41 Å². The molecule has 0 spiro atoms. The third-order valence-corrected chi connectivity index (χ3v) is 8.83. The highest BCUT2D eigenvalue weighted by Crippen LogP contribution is 2.39. The number of fused-ring (bicyclic) bond motifs is 2. The fraction of sp³-hybridized carbons (Fsp3) is 0.317. The predicted molar refractivity (Wildman–Crippen MR) is 193 cm³/mol. The maximum Gasteiger partial charge on any atom is 0.217 e. The van der Waals surface area contributed by atoms with Crippen molar-refractivity contribution in [2.75, 3.05) is 24.3 Å². The Hall–Kier alpha value is -4.76. The van der Waals surface area contributed by atoms with E-state index in [2.05, 4.69) is 116 Å². The lowest BCUT2D eigenvalue weighted by atomic mass is 9.81. The highest BCUT2D eigenvalue weighted by molar-refractivity contribution is 6.02. The molecular formula is C41H48F2N4+2. The Labute approximate surface area is 280 Å². The van der Waals surface area contributed by atoms with E-state index in [1.54, 1.807) is 12.1 Å². The lowest BCUT2D eigenvalue weighted by molar-refractivity contribution is -0.580. The lowest BCUT2D eigenvalue weighted by Crippen LogP contribution is -2.65. The summed E-state index contributed by atoms with van der Waals surface area (Å²) in [6.45, 7) is 10.7. The molecule has 0 saturated heterocycles. The van der Waals surface area contributed by atoms with Gasteiger partial charge in [0.25, 0.3) is 0 Å². The van der Waals surface area contributed by atoms with Gasteiger partial charge in [-0.3, -0.25) is 0 Å². The minimum absolute atomic E-state index is 0.165. The molecule has 0 bridgehead atoms. The zero-order chi connectivity index (χ0) is 34.3. The monoisotopic (exact) mass is 634 g/mol. The van der Waals surface area contributed by atoms with E-state index < -0.39 is 0 Å². The molecule has 0 radical (unpaired) electrons. The molecule has 2 N–H and O–H groups in total. The van der Waals surface area contributed by atoms with Crippen LogP contribution >= 0.6 is 0 Å². The average molecular weight is 635 g/mol. The molecule has 0 saturated carbocycles. The molecule has 1 aromatic heterocycles. The number of terminal acetylenes is 1. The SMILES string of the molecule is C#C.CCC.C[C@@H]1/C(=C\C=C2/CCCC(/C=C/C3=[NH+]c4cc(F)ccc4C3(C)C)=C2[n+]2ccc(N(C)C)cc2)Nc2cc(F)ccc21. The van der Waals surface area contributed by atoms with Crippen LogP contribution in [0.5, 0.6) is 0 Å². The van der Waals surface area contributed by atoms with Crippen LogP contribution in [0.25, 0.3) is 5.70 Å². The van der Waals surface area contributed by atoms with Crippen molar-refractivity contribution < 1.29 is 18.3 Å². The number of nitrogens with one attached hydrogen (secondary N) is 2. The summed E-state index contributed by atoms with van der Waals surface area (Å²) < 4.78 is 30.1. The fourth-order valence-corrected chi connectivity index (χ4v) is 6.30. The minimum atomic E-state index is -0.253. The molecule has 4 nitrogen and oxygen atoms in total. The van der Waals surface area contributed by atoms with Gasteiger partial charge in [-0.25, -0.2) is 13.8 Å². The Kier molecular flexibility index (Phi) is 11.4. The second kappa shape index (κ2) is 15.2. The standard InChI is InChI=1S/C36H37F2N4.C3H8.C2H2/c1-23-29-13-11-26(37)21-32(29)39-31(23)15-9-24-7-6-8-25(35(24)42-19-17-28(18-20-42)41(4)5)10-16-34-36(2,3)30-14-12-27(38)22-33(30)40-34;1-3-2;1-2/h9-23,39H,6-8H2,1-5H3;3H2,1-2H3;1-2H/q+1;;/p+1/b16-10+,24-9+,31-15+;;/t23-;;/m0../s1. The third kappa shape index (κ3) is 7.63. The van der Waals surface area contributed by atoms with Crippen molar-refractivity contribution in [2.45, 2.75) is 71.6 Å². The van der Waals surface area contributed by atoms with Crippen molar-refractivity contribution in [1.29, 1.82) is 0 Å². The average Bonchev–Trinajstić information content (AvgIpc) is 3.50. The number of nitrogens with zero attached hydrogens (tertiary/aromatic N) is 2. The van der Waals surface area contributed by atoms with Gasteiger partial charge in [0.15, 0.2) is 18.1 Å². The van der Waals surface area contributed by atoms with Crippen LogP contribution in [0.1, 0.15) is 77.3 Å². The minimum Gasteiger partial charge on any atom is -0.377 e. The molecule has 1 atom stereocenters. The van der Waals surface area contributed by atoms with E-state index >= 15 is 0 Å². The number of halogens is 2. The smallest absolute Gasteiger partial charge is 0.217 e. The van der Waals surface area contributed by atoms with Crippen molar-refractivity contribution in [1.82, 2.24) is 0 Å². The summed E-state index contributed by atoms with van der Waals surface area (Å²) in [5.74, 6) is -0.302. The molecule has 3 aromatic rings. The van der Waals surface area contributed by atoms with Gasteiger partial charge in [-0.05, 0) is 75.1 Å². The van der Waals surface area contributed by atoms with Crippen molar-refractivity contribution in [2.24, 2.45) is 0 Å². The zero-order valence-electron chi connectivity index (χ0n) is 28.8. The molecule has 2 aliphatic heterocycles. The van der Waals surface area contributed by atoms with Crippen LogP contribution in [-0.4, -0.2) is 19.8 Å². The fourth-order valence-electron chi connectivity index (χ4n) is 6.30. The lowest BCUT2D eigenvalue weighted by Gasteiger charge is -2.18. The van der Waals surface area contributed by atoms with E-state index in [4.69, 9.17) is 0 Å². The van der Waals surface area contributed by atoms with Gasteiger partial charge >= 0.3 is 0 Å². The molecule has 3 heterocycles. The number of anilines is 2. The van der Waals surface area contributed by atoms with E-state index in [1.165, 1.54) is 35.4 Å². The van der Waals surface area contributed by atoms with E-state index in [0.29, 0.717) is 0 Å². The van der Waals surface area contributed by atoms with Crippen LogP contribution in [0.3, 0.4) is 0 Å². The summed E-state index contributed by atoms with van der Waals surface area (Å²) >= 11 is 0. The predicted octanol–water partition coefficient (Wildman–Crippen LogP) is 8.12. The first-order valence-corrected chi connectivity index (χ1v) is 16.4. The molecule has 0 fully saturated rings. The number of rotatable bonds is 5. The van der Waals surface area contributed by atoms with Crippen molar-refractivity contribution >= 4 is 28.5 Å². The molecule has 2 aromatic carbocycles. The van der Waals surface area contributed by atoms with Crippen LogP contribution in [0.2, 0.25) is 0 Å². The summed E-state index contributed by atoms with van der Waals surface area (Å²) in [6, 6.07) is 14.2. The number of benzene rings is 2. The second-order valence-electron chi connectivity index (χ2n) is 12.9. The zero-order valence-corrected chi connectivity index (χ0v) is 28.8. The van der Waals surface area contributed by atoms with Gasteiger partial charge in [0, 0.05) is 78.1 Å². The Bertz CT molecular complexity index is 1770. The first-order chi connectivity index (χ1) is 22.5. The topological polar surface area (TPSA) is 33.1 Å². The normalized spacial score (nSPS) is 19.3. The Morgan fingerprint density at radius 2 is 1.62 bits per heavy atom. The Balaban J connectivity index is 0.000000947. The Morgan fingerprint density at radius 1 is 0.957 bits per heavy atom. The van der Waals surface area contributed by atoms with Crippen molar-refractivity contribution in [3.05, 3.63) is 125 Å². The second-order valence-corrected chi connectivity index (χ2v) is 12.9. The van der Waals surface area contributed by atoms with Crippen LogP contribution in [0.4, 0.5) is 25.8 Å². The maximum absolute atomic E-state index is 14.0. The molecule has 47 heavy (non-hydrogen) atoms. The van der Waals surface area contributed by atoms with E-state index in [9.17, 15) is 8.78 Å². The highest BCUT2D eigenvalue weighted by Gasteiger charge is 2.40. The van der Waals surface area contributed by atoms with E-state index in [-0.39, 0.29) is 23.0 Å². The summed E-state index contributed by atoms with van der Waals surface area (Å²) in [5, 5.41) is 3.43. The maximum atomic E-state index is 14.0. The molecule has 3 aliphatic rings. The molecule has 1 aliphatic carbocycles. The van der Waals surface area contributed by atoms with Crippen molar-refractivity contribution in [3.8, 4) is 12.8 Å². The van der Waals surface area contributed by atoms with Crippen LogP contribution in [0, 0.1) is 24.5 Å². The number of pyridine rings is 1. The summed E-state index contributed by atoms with van der Waals surface area (Å²) in [6.07, 6.45) is 25.2. The number of hydrogen-bond acceptors (Lipinski definition) is 2. The highest BCUT2D eigenvalue weighted by atomic mass is 19.1. The van der Waals surface area contributed by atoms with E-state index in [1.807, 2.05) is 26.2 Å². The summed E-state index contributed by atoms with van der Waals surface area (Å²) in [4.78, 5) is 5.56. The van der Waals surface area contributed by atoms with Gasteiger partial charge in [0.2, 0.25) is 11.4 Å². The quantitative estimate of drug-likeness (QED) is 0.220. The summed E-state index contributed by atoms with van der Waals surface area (Å²) in [5.41, 5.74) is 10.6. The van der Waals surface area contributed by atoms with Gasteiger partial charge in [-0.15, -0.1) is 12.8 Å². The van der Waals surface area contributed by atoms with Gasteiger partial charge < -0.3 is 10.2 Å². The number of aromatic nitrogens is 1. The first-order valence-electron chi connectivity index (χ1n) is 16.4. The van der Waals surface area contributed by atoms with Crippen LogP contribution in [0.15, 0.2) is 102 Å². The van der Waals surface area contributed by atoms with Crippen LogP contribution < -0.4 is 19.8 Å². The largest absolute Gasteiger partial charge is 0.377 e. The van der Waals surface area contributed by atoms with Gasteiger partial charge in [0.05, 0.1) is 5.41 Å². The molecule has 0 amide bonds. The van der Waals surface area contributed by atoms with E-state index in [0.717, 1.165) is 58.9 Å². The van der Waals surface area contributed by atoms with Gasteiger partial charge in [0.1, 0.15) is 11.6 Å². The molecule has 0 unspecified atom stereocenters. The number of allylic oxidation sites excluding steroid dienone is 8. The first kappa shape index (κ1) is 35.1. The molecule has 6 heteroatoms. The Morgan fingerprint density at radius 3 is 2.30 bits per heavy atom. The third-order valence-electron chi connectivity index (χ3n) is 8.83. The van der Waals surface area contributed by atoms with Crippen molar-refractivity contribution in [3.63, 3.8) is 0 Å². The molecule has 244 valence electrons. The van der Waals surface area contributed by atoms with Gasteiger partial charge in [-0.2, -0.15) is 4.57 Å². The van der Waals surface area contributed by atoms with Gasteiger partial charge in [-0.1, -0.05) is 39.3 Å². The summed E-state index contributed by atoms with van der Waals surface area (Å²) in [7, 11) is 4.09. The molecule has 6 rings (SSSR count). The molecular weight excluding hydrogens is 586 g/mol.